The molecule has 1 aromatic carbocycles. The highest BCUT2D eigenvalue weighted by Gasteiger charge is 2.38. The fraction of sp³-hybridized carbons (Fsp3) is 0.391. The van der Waals surface area contributed by atoms with Gasteiger partial charge >= 0.3 is 6.18 Å². The molecule has 13 heteroatoms. The van der Waals surface area contributed by atoms with E-state index in [4.69, 9.17) is 10.5 Å². The van der Waals surface area contributed by atoms with Gasteiger partial charge in [0.05, 0.1) is 30.7 Å². The molecule has 3 aromatic rings. The van der Waals surface area contributed by atoms with Crippen LogP contribution in [0.5, 0.6) is 0 Å². The first-order valence-electron chi connectivity index (χ1n) is 11.2. The Morgan fingerprint density at radius 2 is 1.92 bits per heavy atom. The monoisotopic (exact) mass is 507 g/mol. The highest BCUT2D eigenvalue weighted by Crippen LogP contribution is 2.36. The van der Waals surface area contributed by atoms with Crippen molar-refractivity contribution in [1.29, 1.82) is 0 Å². The molecule has 3 rings (SSSR count). The zero-order chi connectivity index (χ0) is 26.5. The fourth-order valence-corrected chi connectivity index (χ4v) is 3.65. The van der Waals surface area contributed by atoms with E-state index in [1.54, 1.807) is 18.2 Å². The zero-order valence-electron chi connectivity index (χ0n) is 20.1. The summed E-state index contributed by atoms with van der Waals surface area (Å²) in [4.78, 5) is 29.4. The normalized spacial score (nSPS) is 11.5. The summed E-state index contributed by atoms with van der Waals surface area (Å²) in [5.41, 5.74) is 5.79. The number of benzene rings is 1. The van der Waals surface area contributed by atoms with Crippen molar-refractivity contribution in [2.75, 3.05) is 31.6 Å². The van der Waals surface area contributed by atoms with Crippen LogP contribution in [-0.2, 0) is 31.4 Å². The number of hydrogen-bond donors (Lipinski definition) is 3. The molecule has 0 aliphatic carbocycles. The third kappa shape index (κ3) is 6.10. The van der Waals surface area contributed by atoms with Gasteiger partial charge in [0.15, 0.2) is 11.5 Å². The number of nitrogens with one attached hydrogen (secondary N) is 2. The predicted molar refractivity (Wildman–Crippen MR) is 126 cm³/mol. The minimum absolute atomic E-state index is 0.0840. The third-order valence-electron chi connectivity index (χ3n) is 5.35. The van der Waals surface area contributed by atoms with E-state index in [-0.39, 0.29) is 23.0 Å². The van der Waals surface area contributed by atoms with Crippen LogP contribution in [0.3, 0.4) is 0 Å². The lowest BCUT2D eigenvalue weighted by Gasteiger charge is -2.12. The maximum atomic E-state index is 13.4. The summed E-state index contributed by atoms with van der Waals surface area (Å²) in [7, 11) is 2.83. The van der Waals surface area contributed by atoms with Crippen LogP contribution in [0.4, 0.5) is 18.9 Å². The van der Waals surface area contributed by atoms with Crippen LogP contribution in [0.1, 0.15) is 39.2 Å². The van der Waals surface area contributed by atoms with Gasteiger partial charge in [0.2, 0.25) is 0 Å². The van der Waals surface area contributed by atoms with Crippen LogP contribution in [0.25, 0.3) is 11.3 Å². The number of alkyl halides is 3. The number of nitrogens with zero attached hydrogens (tertiary/aromatic N) is 4. The fourth-order valence-electron chi connectivity index (χ4n) is 3.65. The first-order chi connectivity index (χ1) is 17.1. The number of aryl methyl sites for hydroxylation is 2. The van der Waals surface area contributed by atoms with E-state index in [1.807, 2.05) is 6.92 Å². The molecule has 0 bridgehead atoms. The number of hydrogen-bond acceptors (Lipinski definition) is 6. The Morgan fingerprint density at radius 1 is 1.17 bits per heavy atom. The topological polar surface area (TPSA) is 129 Å². The van der Waals surface area contributed by atoms with Gasteiger partial charge in [-0.1, -0.05) is 6.92 Å². The Labute approximate surface area is 205 Å². The molecule has 2 heterocycles. The average molecular weight is 508 g/mol. The van der Waals surface area contributed by atoms with E-state index >= 15 is 0 Å². The van der Waals surface area contributed by atoms with E-state index in [9.17, 15) is 22.8 Å². The Kier molecular flexibility index (Phi) is 8.48. The van der Waals surface area contributed by atoms with Gasteiger partial charge in [-0.05, 0) is 30.2 Å². The molecule has 194 valence electrons. The lowest BCUT2D eigenvalue weighted by molar-refractivity contribution is -0.141. The highest BCUT2D eigenvalue weighted by atomic mass is 19.4. The molecule has 0 aliphatic heterocycles. The lowest BCUT2D eigenvalue weighted by Crippen LogP contribution is -2.28. The van der Waals surface area contributed by atoms with Crippen LogP contribution in [0.15, 0.2) is 30.6 Å². The smallest absolute Gasteiger partial charge is 0.378 e. The van der Waals surface area contributed by atoms with Crippen molar-refractivity contribution in [3.63, 3.8) is 0 Å². The molecule has 4 N–H and O–H groups in total. The van der Waals surface area contributed by atoms with Crippen LogP contribution >= 0.6 is 0 Å². The summed E-state index contributed by atoms with van der Waals surface area (Å²) in [5.74, 6) is -0.969. The van der Waals surface area contributed by atoms with Crippen LogP contribution < -0.4 is 16.4 Å². The predicted octanol–water partition coefficient (Wildman–Crippen LogP) is 2.36. The molecule has 0 unspecified atom stereocenters. The number of imidazole rings is 1. The molecule has 0 saturated heterocycles. The molecular weight excluding hydrogens is 479 g/mol. The molecule has 0 fully saturated rings. The first kappa shape index (κ1) is 26.9. The van der Waals surface area contributed by atoms with Crippen molar-refractivity contribution in [1.82, 2.24) is 24.6 Å². The van der Waals surface area contributed by atoms with Gasteiger partial charge in [-0.25, -0.2) is 4.98 Å². The number of aromatic nitrogens is 4. The number of carbonyl (C=O) groups excluding carboxylic acids is 2. The number of nitrogens with two attached hydrogens (primary N) is 1. The van der Waals surface area contributed by atoms with E-state index in [1.165, 1.54) is 31.1 Å². The van der Waals surface area contributed by atoms with E-state index in [0.717, 1.165) is 4.68 Å². The van der Waals surface area contributed by atoms with Gasteiger partial charge in [0.25, 0.3) is 11.8 Å². The van der Waals surface area contributed by atoms with Crippen LogP contribution in [0.2, 0.25) is 0 Å². The van der Waals surface area contributed by atoms with Crippen molar-refractivity contribution in [2.45, 2.75) is 19.5 Å². The van der Waals surface area contributed by atoms with E-state index in [0.29, 0.717) is 49.5 Å². The maximum absolute atomic E-state index is 13.4. The second-order valence-corrected chi connectivity index (χ2v) is 7.93. The number of anilines is 1. The molecule has 0 spiro atoms. The van der Waals surface area contributed by atoms with Crippen molar-refractivity contribution < 1.29 is 27.5 Å². The standard InChI is InChI=1S/C23H28F3N7O3/c1-4-14-11-15(5-6-16(14)21(34)28-8-10-36-9-7-27)30-22(35)20-29-12-18(33(20)3)17-13-32(2)31-19(17)23(24,25)26/h5-6,11-13H,4,7-10,27H2,1-3H3,(H,28,34)(H,30,35). The summed E-state index contributed by atoms with van der Waals surface area (Å²) in [6.45, 7) is 3.36. The van der Waals surface area contributed by atoms with Crippen LogP contribution in [-0.4, -0.2) is 57.4 Å². The number of halogens is 3. The van der Waals surface area contributed by atoms with Gasteiger partial charge < -0.3 is 25.7 Å². The lowest BCUT2D eigenvalue weighted by atomic mass is 10.0. The van der Waals surface area contributed by atoms with Gasteiger partial charge in [-0.3, -0.25) is 14.3 Å². The average Bonchev–Trinajstić information content (AvgIpc) is 3.40. The van der Waals surface area contributed by atoms with Gasteiger partial charge in [0, 0.05) is 44.6 Å². The third-order valence-corrected chi connectivity index (χ3v) is 5.35. The summed E-state index contributed by atoms with van der Waals surface area (Å²) >= 11 is 0. The second kappa shape index (κ2) is 11.4. The molecule has 0 radical (unpaired) electrons. The summed E-state index contributed by atoms with van der Waals surface area (Å²) in [6.07, 6.45) is -1.71. The number of carbonyl (C=O) groups is 2. The van der Waals surface area contributed by atoms with Crippen molar-refractivity contribution in [3.05, 3.63) is 53.2 Å². The Balaban J connectivity index is 1.75. The molecule has 36 heavy (non-hydrogen) atoms. The number of amides is 2. The minimum Gasteiger partial charge on any atom is -0.378 e. The summed E-state index contributed by atoms with van der Waals surface area (Å²) in [5, 5.41) is 8.96. The Bertz CT molecular complexity index is 1230. The van der Waals surface area contributed by atoms with Crippen molar-refractivity contribution >= 4 is 17.5 Å². The Morgan fingerprint density at radius 3 is 2.58 bits per heavy atom. The van der Waals surface area contributed by atoms with Crippen molar-refractivity contribution in [3.8, 4) is 11.3 Å². The second-order valence-electron chi connectivity index (χ2n) is 7.93. The van der Waals surface area contributed by atoms with Crippen LogP contribution in [0, 0.1) is 0 Å². The number of rotatable bonds is 10. The van der Waals surface area contributed by atoms with E-state index < -0.39 is 17.8 Å². The summed E-state index contributed by atoms with van der Waals surface area (Å²) < 4.78 is 47.7. The van der Waals surface area contributed by atoms with Gasteiger partial charge in [-0.2, -0.15) is 18.3 Å². The van der Waals surface area contributed by atoms with Gasteiger partial charge in [-0.15, -0.1) is 0 Å². The molecule has 0 atom stereocenters. The Hall–Kier alpha value is -3.71. The zero-order valence-corrected chi connectivity index (χ0v) is 20.1. The quantitative estimate of drug-likeness (QED) is 0.362. The molecule has 2 amide bonds. The van der Waals surface area contributed by atoms with E-state index in [2.05, 4.69) is 20.7 Å². The highest BCUT2D eigenvalue weighted by molar-refractivity contribution is 6.03. The van der Waals surface area contributed by atoms with Gasteiger partial charge in [0.1, 0.15) is 0 Å². The first-order valence-corrected chi connectivity index (χ1v) is 11.2. The van der Waals surface area contributed by atoms with Crippen molar-refractivity contribution in [2.24, 2.45) is 19.8 Å². The maximum Gasteiger partial charge on any atom is 0.435 e. The molecule has 2 aromatic heterocycles. The molecular formula is C23H28F3N7O3. The minimum atomic E-state index is -4.66. The molecule has 10 nitrogen and oxygen atoms in total. The largest absolute Gasteiger partial charge is 0.435 e. The molecule has 0 aliphatic rings. The SMILES string of the molecule is CCc1cc(NC(=O)c2ncc(-c3cn(C)nc3C(F)(F)F)n2C)ccc1C(=O)NCCOCCN. The molecule has 0 saturated carbocycles. The summed E-state index contributed by atoms with van der Waals surface area (Å²) in [6, 6.07) is 4.84. The number of ether oxygens (including phenoxy) is 1.